The standard InChI is InChI=1S/C12H16O/c1-8(2)11-7-9-5-3-4-6-10(9)12(11)13/h3-6,8,11-13H,7H2,1-2H3/t11-,12-/m0/s1. The molecule has 0 fully saturated rings. The molecule has 0 spiro atoms. The van der Waals surface area contributed by atoms with Gasteiger partial charge in [-0.25, -0.2) is 0 Å². The number of aliphatic hydroxyl groups is 1. The summed E-state index contributed by atoms with van der Waals surface area (Å²) in [6.45, 7) is 4.36. The Hall–Kier alpha value is -0.820. The van der Waals surface area contributed by atoms with Crippen molar-refractivity contribution in [3.63, 3.8) is 0 Å². The smallest absolute Gasteiger partial charge is 0.0826 e. The third-order valence-corrected chi connectivity index (χ3v) is 3.09. The Kier molecular flexibility index (Phi) is 2.12. The molecule has 0 bridgehead atoms. The molecule has 13 heavy (non-hydrogen) atoms. The van der Waals surface area contributed by atoms with Gasteiger partial charge in [0, 0.05) is 0 Å². The van der Waals surface area contributed by atoms with Gasteiger partial charge in [-0.15, -0.1) is 0 Å². The zero-order valence-electron chi connectivity index (χ0n) is 8.20. The van der Waals surface area contributed by atoms with E-state index in [1.54, 1.807) is 0 Å². The molecule has 0 unspecified atom stereocenters. The molecule has 2 rings (SSSR count). The average molecular weight is 176 g/mol. The minimum absolute atomic E-state index is 0.240. The van der Waals surface area contributed by atoms with E-state index in [1.165, 1.54) is 5.56 Å². The van der Waals surface area contributed by atoms with Crippen molar-refractivity contribution in [3.05, 3.63) is 35.4 Å². The molecular formula is C12H16O. The summed E-state index contributed by atoms with van der Waals surface area (Å²) < 4.78 is 0. The van der Waals surface area contributed by atoms with Crippen molar-refractivity contribution < 1.29 is 5.11 Å². The molecule has 1 aromatic carbocycles. The van der Waals surface area contributed by atoms with Crippen LogP contribution in [0.25, 0.3) is 0 Å². The third kappa shape index (κ3) is 1.37. The normalized spacial score (nSPS) is 26.5. The van der Waals surface area contributed by atoms with Gasteiger partial charge in [0.05, 0.1) is 6.10 Å². The summed E-state index contributed by atoms with van der Waals surface area (Å²) >= 11 is 0. The van der Waals surface area contributed by atoms with Crippen LogP contribution in [-0.2, 0) is 6.42 Å². The van der Waals surface area contributed by atoms with Crippen molar-refractivity contribution in [2.24, 2.45) is 11.8 Å². The Morgan fingerprint density at radius 3 is 2.62 bits per heavy atom. The van der Waals surface area contributed by atoms with E-state index in [2.05, 4.69) is 19.9 Å². The third-order valence-electron chi connectivity index (χ3n) is 3.09. The molecule has 1 N–H and O–H groups in total. The predicted molar refractivity (Wildman–Crippen MR) is 53.4 cm³/mol. The molecule has 2 atom stereocenters. The number of rotatable bonds is 1. The van der Waals surface area contributed by atoms with Crippen LogP contribution < -0.4 is 0 Å². The molecule has 0 amide bonds. The predicted octanol–water partition coefficient (Wildman–Crippen LogP) is 2.55. The quantitative estimate of drug-likeness (QED) is 0.697. The summed E-state index contributed by atoms with van der Waals surface area (Å²) in [7, 11) is 0. The van der Waals surface area contributed by atoms with E-state index in [0.29, 0.717) is 11.8 Å². The van der Waals surface area contributed by atoms with Gasteiger partial charge in [-0.1, -0.05) is 38.1 Å². The van der Waals surface area contributed by atoms with Gasteiger partial charge in [-0.2, -0.15) is 0 Å². The summed E-state index contributed by atoms with van der Waals surface area (Å²) in [4.78, 5) is 0. The highest BCUT2D eigenvalue weighted by Gasteiger charge is 2.32. The SMILES string of the molecule is CC(C)[C@@H]1Cc2ccccc2[C@@H]1O. The zero-order valence-corrected chi connectivity index (χ0v) is 8.20. The van der Waals surface area contributed by atoms with Gasteiger partial charge in [0.25, 0.3) is 0 Å². The molecule has 1 heteroatoms. The second-order valence-corrected chi connectivity index (χ2v) is 4.26. The molecule has 0 saturated carbocycles. The van der Waals surface area contributed by atoms with Gasteiger partial charge in [-0.3, -0.25) is 0 Å². The van der Waals surface area contributed by atoms with Crippen LogP contribution in [0.15, 0.2) is 24.3 Å². The lowest BCUT2D eigenvalue weighted by Crippen LogP contribution is -2.13. The molecular weight excluding hydrogens is 160 g/mol. The van der Waals surface area contributed by atoms with Gasteiger partial charge in [0.2, 0.25) is 0 Å². The van der Waals surface area contributed by atoms with Crippen molar-refractivity contribution >= 4 is 0 Å². The fraction of sp³-hybridized carbons (Fsp3) is 0.500. The molecule has 1 aliphatic rings. The van der Waals surface area contributed by atoms with E-state index in [9.17, 15) is 5.11 Å². The van der Waals surface area contributed by atoms with Crippen molar-refractivity contribution in [2.75, 3.05) is 0 Å². The van der Waals surface area contributed by atoms with Gasteiger partial charge in [0.15, 0.2) is 0 Å². The number of aliphatic hydroxyl groups excluding tert-OH is 1. The lowest BCUT2D eigenvalue weighted by molar-refractivity contribution is 0.0968. The topological polar surface area (TPSA) is 20.2 Å². The lowest BCUT2D eigenvalue weighted by Gasteiger charge is -2.18. The fourth-order valence-corrected chi connectivity index (χ4v) is 2.21. The molecule has 0 radical (unpaired) electrons. The molecule has 0 saturated heterocycles. The minimum atomic E-state index is -0.240. The highest BCUT2D eigenvalue weighted by Crippen LogP contribution is 2.39. The maximum absolute atomic E-state index is 10.0. The van der Waals surface area contributed by atoms with E-state index in [4.69, 9.17) is 0 Å². The fourth-order valence-electron chi connectivity index (χ4n) is 2.21. The molecule has 1 nitrogen and oxygen atoms in total. The highest BCUT2D eigenvalue weighted by atomic mass is 16.3. The van der Waals surface area contributed by atoms with E-state index in [-0.39, 0.29) is 6.10 Å². The molecule has 70 valence electrons. The zero-order chi connectivity index (χ0) is 9.42. The van der Waals surface area contributed by atoms with Crippen LogP contribution in [0.1, 0.15) is 31.1 Å². The summed E-state index contributed by atoms with van der Waals surface area (Å²) in [5.74, 6) is 0.972. The van der Waals surface area contributed by atoms with Crippen LogP contribution in [0.2, 0.25) is 0 Å². The van der Waals surface area contributed by atoms with Gasteiger partial charge in [-0.05, 0) is 29.4 Å². The van der Waals surface area contributed by atoms with Crippen LogP contribution in [0.4, 0.5) is 0 Å². The molecule has 1 aliphatic carbocycles. The molecule has 0 aromatic heterocycles. The Morgan fingerprint density at radius 2 is 2.00 bits per heavy atom. The number of fused-ring (bicyclic) bond motifs is 1. The summed E-state index contributed by atoms with van der Waals surface area (Å²) in [5, 5.41) is 10.0. The Balaban J connectivity index is 2.32. The second kappa shape index (κ2) is 3.15. The average Bonchev–Trinajstić information content (AvgIpc) is 2.45. The summed E-state index contributed by atoms with van der Waals surface area (Å²) in [6.07, 6.45) is 0.797. The van der Waals surface area contributed by atoms with Gasteiger partial charge < -0.3 is 5.11 Å². The number of hydrogen-bond acceptors (Lipinski definition) is 1. The minimum Gasteiger partial charge on any atom is -0.388 e. The highest BCUT2D eigenvalue weighted by molar-refractivity contribution is 5.34. The first-order chi connectivity index (χ1) is 6.20. The van der Waals surface area contributed by atoms with Crippen molar-refractivity contribution in [2.45, 2.75) is 26.4 Å². The first-order valence-corrected chi connectivity index (χ1v) is 4.96. The van der Waals surface area contributed by atoms with Crippen LogP contribution in [0.5, 0.6) is 0 Å². The van der Waals surface area contributed by atoms with E-state index in [0.717, 1.165) is 12.0 Å². The maximum atomic E-state index is 10.0. The monoisotopic (exact) mass is 176 g/mol. The maximum Gasteiger partial charge on any atom is 0.0826 e. The van der Waals surface area contributed by atoms with Crippen LogP contribution in [0.3, 0.4) is 0 Å². The van der Waals surface area contributed by atoms with Crippen LogP contribution in [-0.4, -0.2) is 5.11 Å². The molecule has 0 aliphatic heterocycles. The molecule has 1 aromatic rings. The van der Waals surface area contributed by atoms with E-state index >= 15 is 0 Å². The van der Waals surface area contributed by atoms with Gasteiger partial charge in [0.1, 0.15) is 0 Å². The van der Waals surface area contributed by atoms with Crippen molar-refractivity contribution in [1.82, 2.24) is 0 Å². The Bertz CT molecular complexity index is 304. The van der Waals surface area contributed by atoms with Crippen molar-refractivity contribution in [1.29, 1.82) is 0 Å². The van der Waals surface area contributed by atoms with Crippen LogP contribution >= 0.6 is 0 Å². The van der Waals surface area contributed by atoms with Crippen molar-refractivity contribution in [3.8, 4) is 0 Å². The van der Waals surface area contributed by atoms with Gasteiger partial charge >= 0.3 is 0 Å². The molecule has 0 heterocycles. The first-order valence-electron chi connectivity index (χ1n) is 4.96. The second-order valence-electron chi connectivity index (χ2n) is 4.26. The number of benzene rings is 1. The Morgan fingerprint density at radius 1 is 1.31 bits per heavy atom. The Labute approximate surface area is 79.4 Å². The number of hydrogen-bond donors (Lipinski definition) is 1. The largest absolute Gasteiger partial charge is 0.388 e. The van der Waals surface area contributed by atoms with E-state index in [1.807, 2.05) is 18.2 Å². The lowest BCUT2D eigenvalue weighted by atomic mass is 9.91. The van der Waals surface area contributed by atoms with Crippen LogP contribution in [0, 0.1) is 11.8 Å². The van der Waals surface area contributed by atoms with E-state index < -0.39 is 0 Å². The summed E-state index contributed by atoms with van der Waals surface area (Å²) in [6, 6.07) is 8.22. The first kappa shape index (κ1) is 8.76. The summed E-state index contributed by atoms with van der Waals surface area (Å²) in [5.41, 5.74) is 2.47.